The van der Waals surface area contributed by atoms with Gasteiger partial charge in [0.05, 0.1) is 30.2 Å². The minimum atomic E-state index is -3.52. The zero-order valence-electron chi connectivity index (χ0n) is 17.2. The highest BCUT2D eigenvalue weighted by Crippen LogP contribution is 2.24. The fourth-order valence-corrected chi connectivity index (χ4v) is 5.64. The van der Waals surface area contributed by atoms with Crippen LogP contribution in [0.15, 0.2) is 23.2 Å². The lowest BCUT2D eigenvalue weighted by molar-refractivity contribution is -0.141. The molecule has 1 aliphatic rings. The van der Waals surface area contributed by atoms with Gasteiger partial charge in [0.15, 0.2) is 4.80 Å². The number of piperidine rings is 1. The number of hydrogen-bond acceptors (Lipinski definition) is 7. The SMILES string of the molecule is CCOc1ccc2c(c1)sc(=NC(=O)C1CCCCN1S(C)(=O)=O)n2CC(=O)OC. The molecule has 1 aromatic heterocycles. The molecule has 3 rings (SSSR count). The lowest BCUT2D eigenvalue weighted by Gasteiger charge is -2.31. The lowest BCUT2D eigenvalue weighted by Crippen LogP contribution is -2.47. The quantitative estimate of drug-likeness (QED) is 0.611. The van der Waals surface area contributed by atoms with Crippen molar-refractivity contribution in [3.63, 3.8) is 0 Å². The molecule has 0 N–H and O–H groups in total. The summed E-state index contributed by atoms with van der Waals surface area (Å²) in [5.74, 6) is -0.340. The Bertz CT molecular complexity index is 1120. The monoisotopic (exact) mass is 455 g/mol. The number of sulfonamides is 1. The smallest absolute Gasteiger partial charge is 0.325 e. The second-order valence-corrected chi connectivity index (χ2v) is 9.89. The van der Waals surface area contributed by atoms with Gasteiger partial charge in [0, 0.05) is 6.54 Å². The molecule has 1 fully saturated rings. The molecule has 1 aliphatic heterocycles. The van der Waals surface area contributed by atoms with Gasteiger partial charge in [-0.25, -0.2) is 8.42 Å². The van der Waals surface area contributed by atoms with Crippen LogP contribution in [0, 0.1) is 0 Å². The minimum Gasteiger partial charge on any atom is -0.494 e. The summed E-state index contributed by atoms with van der Waals surface area (Å²) >= 11 is 1.24. The van der Waals surface area contributed by atoms with E-state index in [0.717, 1.165) is 17.4 Å². The highest BCUT2D eigenvalue weighted by atomic mass is 32.2. The molecule has 0 radical (unpaired) electrons. The number of hydrogen-bond donors (Lipinski definition) is 0. The zero-order chi connectivity index (χ0) is 21.9. The first kappa shape index (κ1) is 22.4. The topological polar surface area (TPSA) is 107 Å². The Kier molecular flexibility index (Phi) is 6.94. The molecule has 2 heterocycles. The third-order valence-corrected chi connectivity index (χ3v) is 7.18. The van der Waals surface area contributed by atoms with Gasteiger partial charge in [-0.15, -0.1) is 0 Å². The summed E-state index contributed by atoms with van der Waals surface area (Å²) in [7, 11) is -2.23. The minimum absolute atomic E-state index is 0.114. The summed E-state index contributed by atoms with van der Waals surface area (Å²) in [6, 6.07) is 4.57. The van der Waals surface area contributed by atoms with Crippen molar-refractivity contribution in [1.82, 2.24) is 8.87 Å². The van der Waals surface area contributed by atoms with E-state index in [0.29, 0.717) is 42.1 Å². The Morgan fingerprint density at radius 2 is 2.07 bits per heavy atom. The van der Waals surface area contributed by atoms with Crippen molar-refractivity contribution in [3.8, 4) is 5.75 Å². The number of aromatic nitrogens is 1. The molecular weight excluding hydrogens is 430 g/mol. The Labute approximate surface area is 179 Å². The third kappa shape index (κ3) is 4.90. The molecule has 0 bridgehead atoms. The fourth-order valence-electron chi connectivity index (χ4n) is 3.46. The van der Waals surface area contributed by atoms with Crippen LogP contribution in [-0.2, 0) is 30.9 Å². The number of methoxy groups -OCH3 is 1. The van der Waals surface area contributed by atoms with Crippen LogP contribution in [0.5, 0.6) is 5.75 Å². The van der Waals surface area contributed by atoms with Crippen molar-refractivity contribution >= 4 is 43.5 Å². The number of thiazole rings is 1. The van der Waals surface area contributed by atoms with Crippen molar-refractivity contribution in [3.05, 3.63) is 23.0 Å². The van der Waals surface area contributed by atoms with Crippen LogP contribution >= 0.6 is 11.3 Å². The average molecular weight is 456 g/mol. The molecule has 0 saturated carbocycles. The Hall–Kier alpha value is -2.24. The number of amides is 1. The molecule has 164 valence electrons. The van der Waals surface area contributed by atoms with Crippen molar-refractivity contribution in [1.29, 1.82) is 0 Å². The van der Waals surface area contributed by atoms with Gasteiger partial charge < -0.3 is 14.0 Å². The normalized spacial score (nSPS) is 18.5. The van der Waals surface area contributed by atoms with Crippen molar-refractivity contribution in [2.75, 3.05) is 26.5 Å². The molecular formula is C19H25N3O6S2. The van der Waals surface area contributed by atoms with E-state index >= 15 is 0 Å². The van der Waals surface area contributed by atoms with Gasteiger partial charge in [-0.1, -0.05) is 17.8 Å². The first-order valence-electron chi connectivity index (χ1n) is 9.63. The predicted molar refractivity (Wildman–Crippen MR) is 113 cm³/mol. The molecule has 1 atom stereocenters. The van der Waals surface area contributed by atoms with Crippen LogP contribution in [0.1, 0.15) is 26.2 Å². The maximum Gasteiger partial charge on any atom is 0.325 e. The summed E-state index contributed by atoms with van der Waals surface area (Å²) in [5, 5.41) is 0. The second kappa shape index (κ2) is 9.27. The fraction of sp³-hybridized carbons (Fsp3) is 0.526. The molecule has 0 aliphatic carbocycles. The number of esters is 1. The first-order chi connectivity index (χ1) is 14.2. The van der Waals surface area contributed by atoms with E-state index < -0.39 is 27.9 Å². The average Bonchev–Trinajstić information content (AvgIpc) is 3.03. The van der Waals surface area contributed by atoms with Crippen molar-refractivity contribution in [2.45, 2.75) is 38.8 Å². The molecule has 1 unspecified atom stereocenters. The van der Waals surface area contributed by atoms with Crippen LogP contribution < -0.4 is 9.54 Å². The first-order valence-corrected chi connectivity index (χ1v) is 12.3. The molecule has 0 spiro atoms. The molecule has 1 aromatic carbocycles. The maximum atomic E-state index is 13.0. The van der Waals surface area contributed by atoms with E-state index in [4.69, 9.17) is 9.47 Å². The number of ether oxygens (including phenoxy) is 2. The number of carbonyl (C=O) groups excluding carboxylic acids is 2. The zero-order valence-corrected chi connectivity index (χ0v) is 18.8. The molecule has 11 heteroatoms. The number of rotatable bonds is 6. The summed E-state index contributed by atoms with van der Waals surface area (Å²) in [5.41, 5.74) is 0.712. The van der Waals surface area contributed by atoms with E-state index in [1.54, 1.807) is 16.7 Å². The number of fused-ring (bicyclic) bond motifs is 1. The van der Waals surface area contributed by atoms with Gasteiger partial charge in [-0.3, -0.25) is 9.59 Å². The van der Waals surface area contributed by atoms with Crippen LogP contribution in [0.25, 0.3) is 10.2 Å². The summed E-state index contributed by atoms with van der Waals surface area (Å²) < 4.78 is 38.1. The highest BCUT2D eigenvalue weighted by molar-refractivity contribution is 7.88. The van der Waals surface area contributed by atoms with Gasteiger partial charge in [0.2, 0.25) is 10.0 Å². The maximum absolute atomic E-state index is 13.0. The molecule has 2 aromatic rings. The van der Waals surface area contributed by atoms with Gasteiger partial charge in [-0.2, -0.15) is 9.30 Å². The van der Waals surface area contributed by atoms with E-state index in [9.17, 15) is 18.0 Å². The van der Waals surface area contributed by atoms with Crippen LogP contribution in [-0.4, -0.2) is 61.7 Å². The van der Waals surface area contributed by atoms with E-state index in [-0.39, 0.29) is 6.54 Å². The summed E-state index contributed by atoms with van der Waals surface area (Å²) in [6.45, 7) is 2.58. The highest BCUT2D eigenvalue weighted by Gasteiger charge is 2.34. The van der Waals surface area contributed by atoms with Gasteiger partial charge in [-0.05, 0) is 38.0 Å². The molecule has 30 heavy (non-hydrogen) atoms. The van der Waals surface area contributed by atoms with E-state index in [1.807, 2.05) is 13.0 Å². The lowest BCUT2D eigenvalue weighted by atomic mass is 10.0. The standard InChI is InChI=1S/C19H25N3O6S2/c1-4-28-13-8-9-14-16(11-13)29-19(21(14)12-17(23)27-2)20-18(24)15-7-5-6-10-22(15)30(3,25)26/h8-9,11,15H,4-7,10,12H2,1-3H3. The van der Waals surface area contributed by atoms with Crippen LogP contribution in [0.2, 0.25) is 0 Å². The second-order valence-electron chi connectivity index (χ2n) is 6.94. The largest absolute Gasteiger partial charge is 0.494 e. The van der Waals surface area contributed by atoms with Crippen molar-refractivity contribution in [2.24, 2.45) is 4.99 Å². The van der Waals surface area contributed by atoms with Gasteiger partial charge in [0.25, 0.3) is 5.91 Å². The summed E-state index contributed by atoms with van der Waals surface area (Å²) in [6.07, 6.45) is 2.99. The molecule has 1 saturated heterocycles. The Balaban J connectivity index is 2.07. The van der Waals surface area contributed by atoms with Gasteiger partial charge >= 0.3 is 5.97 Å². The Morgan fingerprint density at radius 3 is 2.73 bits per heavy atom. The van der Waals surface area contributed by atoms with E-state index in [1.165, 1.54) is 22.8 Å². The third-order valence-electron chi connectivity index (χ3n) is 4.85. The predicted octanol–water partition coefficient (Wildman–Crippen LogP) is 1.52. The summed E-state index contributed by atoms with van der Waals surface area (Å²) in [4.78, 5) is 29.4. The van der Waals surface area contributed by atoms with Crippen LogP contribution in [0.4, 0.5) is 0 Å². The van der Waals surface area contributed by atoms with Crippen LogP contribution in [0.3, 0.4) is 0 Å². The molecule has 9 nitrogen and oxygen atoms in total. The van der Waals surface area contributed by atoms with Gasteiger partial charge in [0.1, 0.15) is 18.3 Å². The number of benzene rings is 1. The van der Waals surface area contributed by atoms with Crippen molar-refractivity contribution < 1.29 is 27.5 Å². The van der Waals surface area contributed by atoms with E-state index in [2.05, 4.69) is 4.99 Å². The number of carbonyl (C=O) groups is 2. The molecule has 1 amide bonds. The Morgan fingerprint density at radius 1 is 1.30 bits per heavy atom. The number of nitrogens with zero attached hydrogens (tertiary/aromatic N) is 3.